The lowest BCUT2D eigenvalue weighted by atomic mass is 10.2. The van der Waals surface area contributed by atoms with E-state index in [0.717, 1.165) is 0 Å². The van der Waals surface area contributed by atoms with Gasteiger partial charge in [-0.25, -0.2) is 14.2 Å². The van der Waals surface area contributed by atoms with Gasteiger partial charge in [0, 0.05) is 0 Å². The Labute approximate surface area is 136 Å². The first-order valence-corrected chi connectivity index (χ1v) is 7.25. The van der Waals surface area contributed by atoms with Gasteiger partial charge in [0.15, 0.2) is 0 Å². The zero-order chi connectivity index (χ0) is 17.3. The van der Waals surface area contributed by atoms with Crippen LogP contribution in [-0.2, 0) is 0 Å². The van der Waals surface area contributed by atoms with Crippen LogP contribution < -0.4 is 10.9 Å². The maximum absolute atomic E-state index is 14.1. The highest BCUT2D eigenvalue weighted by atomic mass is 19.1. The van der Waals surface area contributed by atoms with Crippen LogP contribution in [0.1, 0.15) is 18.8 Å². The number of para-hydroxylation sites is 2. The second-order valence-corrected chi connectivity index (χ2v) is 5.25. The number of benzene rings is 2. The number of carbonyl (C=O) groups is 1. The average Bonchev–Trinajstić information content (AvgIpc) is 2.55. The molecule has 6 nitrogen and oxygen atoms in total. The molecule has 0 spiro atoms. The van der Waals surface area contributed by atoms with E-state index in [-0.39, 0.29) is 16.7 Å². The number of fused-ring (bicyclic) bond motifs is 1. The first-order valence-electron chi connectivity index (χ1n) is 7.25. The lowest BCUT2D eigenvalue weighted by Gasteiger charge is -2.18. The minimum absolute atomic E-state index is 0.0799. The Morgan fingerprint density at radius 2 is 1.92 bits per heavy atom. The maximum Gasteiger partial charge on any atom is 0.405 e. The van der Waals surface area contributed by atoms with Crippen molar-refractivity contribution < 1.29 is 14.3 Å². The van der Waals surface area contributed by atoms with Crippen LogP contribution in [0.2, 0.25) is 0 Å². The van der Waals surface area contributed by atoms with Gasteiger partial charge in [0.2, 0.25) is 0 Å². The lowest BCUT2D eigenvalue weighted by molar-refractivity contribution is 0.190. The molecule has 3 aromatic rings. The predicted molar refractivity (Wildman–Crippen MR) is 86.9 cm³/mol. The van der Waals surface area contributed by atoms with Gasteiger partial charge in [-0.1, -0.05) is 24.3 Å². The molecule has 1 heterocycles. The molecule has 0 saturated heterocycles. The molecule has 0 saturated carbocycles. The molecule has 0 bridgehead atoms. The molecule has 1 amide bonds. The number of halogens is 1. The topological polar surface area (TPSA) is 84.2 Å². The van der Waals surface area contributed by atoms with Crippen molar-refractivity contribution in [1.82, 2.24) is 14.9 Å². The van der Waals surface area contributed by atoms with E-state index in [1.807, 2.05) is 0 Å². The van der Waals surface area contributed by atoms with Crippen molar-refractivity contribution in [3.63, 3.8) is 0 Å². The summed E-state index contributed by atoms with van der Waals surface area (Å²) in [5, 5.41) is 11.3. The summed E-state index contributed by atoms with van der Waals surface area (Å²) in [6.07, 6.45) is -1.26. The number of nitrogens with zero attached hydrogens (tertiary/aromatic N) is 2. The number of aromatic nitrogens is 2. The zero-order valence-electron chi connectivity index (χ0n) is 12.7. The molecular formula is C17H14FN3O3. The Morgan fingerprint density at radius 3 is 2.58 bits per heavy atom. The van der Waals surface area contributed by atoms with E-state index >= 15 is 0 Å². The minimum Gasteiger partial charge on any atom is -0.465 e. The largest absolute Gasteiger partial charge is 0.465 e. The van der Waals surface area contributed by atoms with E-state index in [0.29, 0.717) is 5.69 Å². The Bertz CT molecular complexity index is 970. The number of hydrogen-bond acceptors (Lipinski definition) is 3. The molecule has 0 fully saturated rings. The molecule has 3 rings (SSSR count). The molecule has 2 aromatic carbocycles. The van der Waals surface area contributed by atoms with E-state index in [2.05, 4.69) is 10.3 Å². The number of amides is 1. The summed E-state index contributed by atoms with van der Waals surface area (Å²) < 4.78 is 15.4. The number of carboxylic acid groups (broad SMARTS) is 1. The second-order valence-electron chi connectivity index (χ2n) is 5.25. The molecule has 122 valence electrons. The zero-order valence-corrected chi connectivity index (χ0v) is 12.7. The van der Waals surface area contributed by atoms with Crippen molar-refractivity contribution in [1.29, 1.82) is 0 Å². The minimum atomic E-state index is -1.26. The third kappa shape index (κ3) is 2.71. The third-order valence-corrected chi connectivity index (χ3v) is 3.62. The smallest absolute Gasteiger partial charge is 0.405 e. The maximum atomic E-state index is 14.1. The molecule has 0 aliphatic heterocycles. The van der Waals surface area contributed by atoms with Gasteiger partial charge in [-0.15, -0.1) is 0 Å². The van der Waals surface area contributed by atoms with Crippen LogP contribution in [0.15, 0.2) is 53.3 Å². The van der Waals surface area contributed by atoms with E-state index < -0.39 is 23.5 Å². The highest BCUT2D eigenvalue weighted by molar-refractivity contribution is 5.78. The predicted octanol–water partition coefficient (Wildman–Crippen LogP) is 2.85. The first kappa shape index (κ1) is 15.7. The standard InChI is InChI=1S/C17H14FN3O3/c1-10(19-17(23)24)15-20-14-12(8-5-9-13(14)18)16(22)21(15)11-6-3-2-4-7-11/h2-10,19H,1H3,(H,23,24). The lowest BCUT2D eigenvalue weighted by Crippen LogP contribution is -2.32. The third-order valence-electron chi connectivity index (χ3n) is 3.62. The Kier molecular flexibility index (Phi) is 3.99. The summed E-state index contributed by atoms with van der Waals surface area (Å²) in [6, 6.07) is 12.0. The first-order chi connectivity index (χ1) is 11.5. The molecule has 2 N–H and O–H groups in total. The van der Waals surface area contributed by atoms with Crippen LogP contribution in [0.25, 0.3) is 16.6 Å². The summed E-state index contributed by atoms with van der Waals surface area (Å²) in [6.45, 7) is 1.54. The van der Waals surface area contributed by atoms with Gasteiger partial charge in [-0.2, -0.15) is 0 Å². The summed E-state index contributed by atoms with van der Waals surface area (Å²) in [5.74, 6) is -0.514. The van der Waals surface area contributed by atoms with Crippen molar-refractivity contribution in [3.8, 4) is 5.69 Å². The fourth-order valence-electron chi connectivity index (χ4n) is 2.56. The molecule has 7 heteroatoms. The molecular weight excluding hydrogens is 313 g/mol. The van der Waals surface area contributed by atoms with Crippen LogP contribution >= 0.6 is 0 Å². The van der Waals surface area contributed by atoms with E-state index in [1.165, 1.54) is 22.8 Å². The van der Waals surface area contributed by atoms with Crippen LogP contribution in [0.5, 0.6) is 0 Å². The molecule has 1 aromatic heterocycles. The highest BCUT2D eigenvalue weighted by Gasteiger charge is 2.20. The Morgan fingerprint density at radius 1 is 1.21 bits per heavy atom. The summed E-state index contributed by atoms with van der Waals surface area (Å²) in [7, 11) is 0. The molecule has 0 radical (unpaired) electrons. The van der Waals surface area contributed by atoms with E-state index in [1.54, 1.807) is 37.3 Å². The fraction of sp³-hybridized carbons (Fsp3) is 0.118. The Balaban J connectivity index is 2.36. The Hall–Kier alpha value is -3.22. The normalized spacial score (nSPS) is 12.1. The van der Waals surface area contributed by atoms with Crippen molar-refractivity contribution in [2.45, 2.75) is 13.0 Å². The summed E-state index contributed by atoms with van der Waals surface area (Å²) in [4.78, 5) is 28.0. The number of hydrogen-bond donors (Lipinski definition) is 2. The van der Waals surface area contributed by atoms with Gasteiger partial charge in [-0.05, 0) is 31.2 Å². The van der Waals surface area contributed by atoms with Gasteiger partial charge in [-0.3, -0.25) is 9.36 Å². The highest BCUT2D eigenvalue weighted by Crippen LogP contribution is 2.19. The average molecular weight is 327 g/mol. The van der Waals surface area contributed by atoms with Crippen molar-refractivity contribution in [2.24, 2.45) is 0 Å². The van der Waals surface area contributed by atoms with Crippen LogP contribution in [0, 0.1) is 5.82 Å². The molecule has 0 aliphatic rings. The molecule has 1 atom stereocenters. The van der Waals surface area contributed by atoms with E-state index in [4.69, 9.17) is 5.11 Å². The quantitative estimate of drug-likeness (QED) is 0.775. The summed E-state index contributed by atoms with van der Waals surface area (Å²) in [5.41, 5.74) is -0.0151. The van der Waals surface area contributed by atoms with Crippen molar-refractivity contribution in [2.75, 3.05) is 0 Å². The van der Waals surface area contributed by atoms with Gasteiger partial charge in [0.25, 0.3) is 5.56 Å². The SMILES string of the molecule is CC(NC(=O)O)c1nc2c(F)cccc2c(=O)n1-c1ccccc1. The fourth-order valence-corrected chi connectivity index (χ4v) is 2.56. The van der Waals surface area contributed by atoms with Crippen molar-refractivity contribution >= 4 is 17.0 Å². The van der Waals surface area contributed by atoms with Gasteiger partial charge in [0.05, 0.1) is 17.1 Å². The van der Waals surface area contributed by atoms with E-state index in [9.17, 15) is 14.0 Å². The monoisotopic (exact) mass is 327 g/mol. The van der Waals surface area contributed by atoms with Crippen LogP contribution in [-0.4, -0.2) is 20.8 Å². The van der Waals surface area contributed by atoms with Gasteiger partial charge >= 0.3 is 6.09 Å². The molecule has 1 unspecified atom stereocenters. The number of nitrogens with one attached hydrogen (secondary N) is 1. The van der Waals surface area contributed by atoms with Crippen molar-refractivity contribution in [3.05, 3.63) is 70.5 Å². The van der Waals surface area contributed by atoms with Crippen LogP contribution in [0.3, 0.4) is 0 Å². The molecule has 24 heavy (non-hydrogen) atoms. The van der Waals surface area contributed by atoms with Gasteiger partial charge < -0.3 is 10.4 Å². The van der Waals surface area contributed by atoms with Gasteiger partial charge in [0.1, 0.15) is 17.2 Å². The number of rotatable bonds is 3. The second kappa shape index (κ2) is 6.11. The molecule has 0 aliphatic carbocycles. The summed E-state index contributed by atoms with van der Waals surface area (Å²) >= 11 is 0. The van der Waals surface area contributed by atoms with Crippen LogP contribution in [0.4, 0.5) is 9.18 Å².